The number of nitrogens with zero attached hydrogens (tertiary/aromatic N) is 2. The molecule has 0 aliphatic carbocycles. The number of amides is 3. The third-order valence-electron chi connectivity index (χ3n) is 6.21. The van der Waals surface area contributed by atoms with Crippen LogP contribution >= 0.6 is 0 Å². The molecule has 13 nitrogen and oxygen atoms in total. The molecule has 1 aliphatic rings. The van der Waals surface area contributed by atoms with Crippen LogP contribution in [-0.2, 0) is 30.4 Å². The fraction of sp³-hybridized carbons (Fsp3) is 0.636. The van der Waals surface area contributed by atoms with Gasteiger partial charge >= 0.3 is 11.9 Å². The monoisotopic (exact) mass is 494 g/mol. The number of carboxylic acid groups (broad SMARTS) is 2. The molecule has 2 rings (SSSR count). The summed E-state index contributed by atoms with van der Waals surface area (Å²) in [6.07, 6.45) is 3.83. The molecule has 13 heteroatoms. The summed E-state index contributed by atoms with van der Waals surface area (Å²) >= 11 is 0. The van der Waals surface area contributed by atoms with Crippen LogP contribution in [0.15, 0.2) is 12.5 Å². The van der Waals surface area contributed by atoms with Gasteiger partial charge in [-0.05, 0) is 25.2 Å². The minimum absolute atomic E-state index is 0.124. The Morgan fingerprint density at radius 3 is 2.51 bits per heavy atom. The van der Waals surface area contributed by atoms with Gasteiger partial charge in [-0.15, -0.1) is 0 Å². The van der Waals surface area contributed by atoms with Crippen molar-refractivity contribution in [2.45, 2.75) is 76.5 Å². The number of carbonyl (C=O) groups is 5. The number of H-pyrrole nitrogens is 1. The first-order valence-corrected chi connectivity index (χ1v) is 11.6. The number of aromatic nitrogens is 2. The van der Waals surface area contributed by atoms with Crippen molar-refractivity contribution in [3.8, 4) is 0 Å². The number of hydrogen-bond donors (Lipinski definition) is 6. The summed E-state index contributed by atoms with van der Waals surface area (Å²) in [6, 6.07) is -4.27. The van der Waals surface area contributed by atoms with Crippen molar-refractivity contribution >= 4 is 29.7 Å². The lowest BCUT2D eigenvalue weighted by Gasteiger charge is -2.31. The average Bonchev–Trinajstić information content (AvgIpc) is 3.51. The van der Waals surface area contributed by atoms with Crippen LogP contribution in [0.5, 0.6) is 0 Å². The molecule has 7 N–H and O–H groups in total. The van der Waals surface area contributed by atoms with Crippen molar-refractivity contribution in [3.05, 3.63) is 18.2 Å². The molecule has 1 aliphatic heterocycles. The summed E-state index contributed by atoms with van der Waals surface area (Å²) in [5.74, 6) is -4.52. The zero-order valence-electron chi connectivity index (χ0n) is 19.9. The molecular formula is C22H34N6O7. The zero-order chi connectivity index (χ0) is 26.1. The van der Waals surface area contributed by atoms with E-state index in [2.05, 4.69) is 20.6 Å². The van der Waals surface area contributed by atoms with E-state index in [-0.39, 0.29) is 25.3 Å². The van der Waals surface area contributed by atoms with Crippen molar-refractivity contribution in [2.24, 2.45) is 11.7 Å². The van der Waals surface area contributed by atoms with Crippen molar-refractivity contribution in [1.82, 2.24) is 25.5 Å². The van der Waals surface area contributed by atoms with Crippen LogP contribution in [0.2, 0.25) is 0 Å². The third-order valence-corrected chi connectivity index (χ3v) is 6.21. The van der Waals surface area contributed by atoms with E-state index in [1.807, 2.05) is 6.92 Å². The number of carboxylic acids is 2. The molecule has 5 atom stereocenters. The summed E-state index contributed by atoms with van der Waals surface area (Å²) in [4.78, 5) is 69.6. The van der Waals surface area contributed by atoms with Crippen LogP contribution in [0.4, 0.5) is 0 Å². The van der Waals surface area contributed by atoms with Gasteiger partial charge < -0.3 is 36.5 Å². The highest BCUT2D eigenvalue weighted by Gasteiger charge is 2.40. The minimum Gasteiger partial charge on any atom is -0.481 e. The molecule has 1 fully saturated rings. The van der Waals surface area contributed by atoms with E-state index in [0.717, 1.165) is 0 Å². The van der Waals surface area contributed by atoms with E-state index in [1.165, 1.54) is 17.4 Å². The maximum absolute atomic E-state index is 13.2. The van der Waals surface area contributed by atoms with Crippen LogP contribution in [0.25, 0.3) is 0 Å². The van der Waals surface area contributed by atoms with Crippen LogP contribution in [0.1, 0.15) is 51.6 Å². The highest BCUT2D eigenvalue weighted by molar-refractivity contribution is 5.94. The Balaban J connectivity index is 2.15. The van der Waals surface area contributed by atoms with E-state index >= 15 is 0 Å². The molecule has 1 saturated heterocycles. The smallest absolute Gasteiger partial charge is 0.326 e. The van der Waals surface area contributed by atoms with Gasteiger partial charge in [0.2, 0.25) is 17.7 Å². The number of rotatable bonds is 13. The fourth-order valence-corrected chi connectivity index (χ4v) is 3.94. The summed E-state index contributed by atoms with van der Waals surface area (Å²) in [6.45, 7) is 3.84. The van der Waals surface area contributed by atoms with Gasteiger partial charge in [-0.2, -0.15) is 0 Å². The molecule has 0 spiro atoms. The summed E-state index contributed by atoms with van der Waals surface area (Å²) in [5, 5.41) is 23.6. The maximum atomic E-state index is 13.2. The van der Waals surface area contributed by atoms with E-state index in [4.69, 9.17) is 10.8 Å². The Bertz CT molecular complexity index is 906. The first-order chi connectivity index (χ1) is 16.5. The number of aliphatic carboxylic acids is 2. The molecule has 5 unspecified atom stereocenters. The average molecular weight is 495 g/mol. The van der Waals surface area contributed by atoms with Gasteiger partial charge in [-0.1, -0.05) is 20.3 Å². The molecule has 3 amide bonds. The zero-order valence-corrected chi connectivity index (χ0v) is 19.9. The van der Waals surface area contributed by atoms with Gasteiger partial charge in [-0.3, -0.25) is 19.2 Å². The molecule has 1 aromatic rings. The predicted molar refractivity (Wildman–Crippen MR) is 123 cm³/mol. The second-order valence-corrected chi connectivity index (χ2v) is 8.78. The molecule has 1 aromatic heterocycles. The highest BCUT2D eigenvalue weighted by atomic mass is 16.4. The number of nitrogens with one attached hydrogen (secondary N) is 3. The molecule has 0 bridgehead atoms. The normalized spacial score (nSPS) is 18.8. The summed E-state index contributed by atoms with van der Waals surface area (Å²) in [7, 11) is 0. The standard InChI is InChI=1S/C22H34N6O7/c1-3-12(2)18(21(33)28-8-4-5-16(28)22(34)35)27-20(32)15(6-7-17(29)30)26-19(31)14(23)9-13-10-24-11-25-13/h10-12,14-16,18H,3-9,23H2,1-2H3,(H,24,25)(H,26,31)(H,27,32)(H,29,30)(H,34,35). The molecule has 0 saturated carbocycles. The number of nitrogens with two attached hydrogens (primary N) is 1. The Hall–Kier alpha value is -3.48. The van der Waals surface area contributed by atoms with Crippen LogP contribution in [0, 0.1) is 5.92 Å². The predicted octanol–water partition coefficient (Wildman–Crippen LogP) is -0.764. The van der Waals surface area contributed by atoms with Gasteiger partial charge in [0.15, 0.2) is 0 Å². The third kappa shape index (κ3) is 7.77. The SMILES string of the molecule is CCC(C)C(NC(=O)C(CCC(=O)O)NC(=O)C(N)Cc1cnc[nH]1)C(=O)N1CCCC1C(=O)O. The number of likely N-dealkylation sites (tertiary alicyclic amines) is 1. The first-order valence-electron chi connectivity index (χ1n) is 11.6. The van der Waals surface area contributed by atoms with Gasteiger partial charge in [0.05, 0.1) is 12.4 Å². The Kier molecular flexibility index (Phi) is 10.2. The van der Waals surface area contributed by atoms with Gasteiger partial charge in [-0.25, -0.2) is 9.78 Å². The molecular weight excluding hydrogens is 460 g/mol. The lowest BCUT2D eigenvalue weighted by Crippen LogP contribution is -2.58. The fourth-order valence-electron chi connectivity index (χ4n) is 3.94. The number of hydrogen-bond acceptors (Lipinski definition) is 7. The van der Waals surface area contributed by atoms with E-state index in [1.54, 1.807) is 6.92 Å². The van der Waals surface area contributed by atoms with Crippen molar-refractivity contribution in [1.29, 1.82) is 0 Å². The lowest BCUT2D eigenvalue weighted by molar-refractivity contribution is -0.150. The largest absolute Gasteiger partial charge is 0.481 e. The van der Waals surface area contributed by atoms with E-state index in [9.17, 15) is 29.1 Å². The molecule has 2 heterocycles. The van der Waals surface area contributed by atoms with E-state index in [0.29, 0.717) is 25.0 Å². The summed E-state index contributed by atoms with van der Waals surface area (Å²) < 4.78 is 0. The summed E-state index contributed by atoms with van der Waals surface area (Å²) in [5.41, 5.74) is 6.55. The van der Waals surface area contributed by atoms with Crippen molar-refractivity contribution in [3.63, 3.8) is 0 Å². The number of imidazole rings is 1. The molecule has 35 heavy (non-hydrogen) atoms. The van der Waals surface area contributed by atoms with Crippen LogP contribution in [0.3, 0.4) is 0 Å². The van der Waals surface area contributed by atoms with Crippen LogP contribution < -0.4 is 16.4 Å². The second kappa shape index (κ2) is 12.8. The molecule has 194 valence electrons. The topological polar surface area (TPSA) is 208 Å². The van der Waals surface area contributed by atoms with Gasteiger partial charge in [0, 0.05) is 31.3 Å². The number of aromatic amines is 1. The number of carbonyl (C=O) groups excluding carboxylic acids is 3. The highest BCUT2D eigenvalue weighted by Crippen LogP contribution is 2.21. The van der Waals surface area contributed by atoms with Crippen molar-refractivity contribution in [2.75, 3.05) is 6.54 Å². The van der Waals surface area contributed by atoms with Gasteiger partial charge in [0.25, 0.3) is 0 Å². The lowest BCUT2D eigenvalue weighted by atomic mass is 9.96. The second-order valence-electron chi connectivity index (χ2n) is 8.78. The minimum atomic E-state index is -1.25. The quantitative estimate of drug-likeness (QED) is 0.203. The van der Waals surface area contributed by atoms with Gasteiger partial charge in [0.1, 0.15) is 18.1 Å². The molecule has 0 aromatic carbocycles. The van der Waals surface area contributed by atoms with Crippen molar-refractivity contribution < 1.29 is 34.2 Å². The Labute approximate surface area is 202 Å². The van der Waals surface area contributed by atoms with Crippen LogP contribution in [-0.4, -0.2) is 85.5 Å². The Morgan fingerprint density at radius 2 is 1.94 bits per heavy atom. The Morgan fingerprint density at radius 1 is 1.23 bits per heavy atom. The first kappa shape index (κ1) is 27.8. The van der Waals surface area contributed by atoms with E-state index < -0.39 is 60.2 Å². The maximum Gasteiger partial charge on any atom is 0.326 e. The molecule has 0 radical (unpaired) electrons.